The lowest BCUT2D eigenvalue weighted by Crippen LogP contribution is -2.26. The summed E-state index contributed by atoms with van der Waals surface area (Å²) in [6.45, 7) is 2.54. The van der Waals surface area contributed by atoms with E-state index in [1.54, 1.807) is 0 Å². The van der Waals surface area contributed by atoms with Crippen molar-refractivity contribution in [3.8, 4) is 0 Å². The number of amides is 1. The molecule has 0 aromatic heterocycles. The number of aliphatic carboxylic acids is 2. The predicted octanol–water partition coefficient (Wildman–Crippen LogP) is 5.50. The lowest BCUT2D eigenvalue weighted by Gasteiger charge is -2.11. The molecule has 186 valence electrons. The van der Waals surface area contributed by atoms with E-state index >= 15 is 0 Å². The Morgan fingerprint density at radius 3 is 1.59 bits per heavy atom. The minimum absolute atomic E-state index is 0.0188. The Bertz CT molecular complexity index is 535. The first-order valence-corrected chi connectivity index (χ1v) is 12.6. The molecule has 7 nitrogen and oxygen atoms in total. The number of unbranched alkanes of at least 4 members (excludes halogenated alkanes) is 11. The highest BCUT2D eigenvalue weighted by molar-refractivity contribution is 5.84. The number of ketones is 1. The van der Waals surface area contributed by atoms with Gasteiger partial charge in [0.05, 0.1) is 5.92 Å². The molecule has 0 bridgehead atoms. The van der Waals surface area contributed by atoms with Crippen LogP contribution in [-0.4, -0.2) is 40.4 Å². The largest absolute Gasteiger partial charge is 0.481 e. The quantitative estimate of drug-likeness (QED) is 0.175. The third-order valence-corrected chi connectivity index (χ3v) is 5.71. The molecule has 1 amide bonds. The van der Waals surface area contributed by atoms with Crippen molar-refractivity contribution in [3.05, 3.63) is 0 Å². The maximum atomic E-state index is 12.1. The number of Topliss-reactive ketones (excluding diaryl/α,β-unsaturated/α-hetero) is 1. The third kappa shape index (κ3) is 20.0. The van der Waals surface area contributed by atoms with E-state index in [0.29, 0.717) is 13.0 Å². The number of carboxylic acids is 2. The van der Waals surface area contributed by atoms with E-state index < -0.39 is 17.9 Å². The van der Waals surface area contributed by atoms with Crippen molar-refractivity contribution in [1.82, 2.24) is 5.32 Å². The number of rotatable bonds is 23. The summed E-state index contributed by atoms with van der Waals surface area (Å²) in [5.74, 6) is -2.65. The van der Waals surface area contributed by atoms with E-state index in [0.717, 1.165) is 51.4 Å². The topological polar surface area (TPSA) is 121 Å². The maximum Gasteiger partial charge on any atom is 0.306 e. The summed E-state index contributed by atoms with van der Waals surface area (Å²) in [5.41, 5.74) is 0. The van der Waals surface area contributed by atoms with E-state index in [4.69, 9.17) is 5.11 Å². The Hall–Kier alpha value is -1.92. The van der Waals surface area contributed by atoms with Crippen LogP contribution in [0.1, 0.15) is 122 Å². The molecular weight excluding hydrogens is 410 g/mol. The second-order valence-electron chi connectivity index (χ2n) is 8.80. The average Bonchev–Trinajstić information content (AvgIpc) is 2.74. The minimum atomic E-state index is -0.998. The summed E-state index contributed by atoms with van der Waals surface area (Å²) in [7, 11) is 0. The van der Waals surface area contributed by atoms with Gasteiger partial charge in [0.25, 0.3) is 0 Å². The molecule has 0 rings (SSSR count). The van der Waals surface area contributed by atoms with Gasteiger partial charge in [0.15, 0.2) is 0 Å². The molecule has 7 heteroatoms. The van der Waals surface area contributed by atoms with Gasteiger partial charge in [0, 0.05) is 32.2 Å². The van der Waals surface area contributed by atoms with Gasteiger partial charge in [0.2, 0.25) is 5.91 Å². The SMILES string of the molecule is CCCNC(=O)CCC(CC(=O)CCCCCCCCCCCCCCC(=O)O)C(=O)O. The molecule has 0 aromatic rings. The Labute approximate surface area is 193 Å². The molecule has 1 atom stereocenters. The molecule has 0 aliphatic rings. The fourth-order valence-corrected chi connectivity index (χ4v) is 3.71. The molecule has 0 aliphatic carbocycles. The first-order chi connectivity index (χ1) is 15.4. The molecule has 3 N–H and O–H groups in total. The molecule has 0 saturated heterocycles. The zero-order valence-electron chi connectivity index (χ0n) is 20.0. The molecule has 32 heavy (non-hydrogen) atoms. The minimum Gasteiger partial charge on any atom is -0.481 e. The number of hydrogen-bond acceptors (Lipinski definition) is 4. The Balaban J connectivity index is 3.61. The molecule has 0 fully saturated rings. The Morgan fingerprint density at radius 2 is 1.16 bits per heavy atom. The summed E-state index contributed by atoms with van der Waals surface area (Å²) in [6, 6.07) is 0. The number of carbonyl (C=O) groups is 4. The monoisotopic (exact) mass is 455 g/mol. The second kappa shape index (κ2) is 21.0. The van der Waals surface area contributed by atoms with Crippen molar-refractivity contribution < 1.29 is 29.4 Å². The van der Waals surface area contributed by atoms with Gasteiger partial charge < -0.3 is 15.5 Å². The Kier molecular flexibility index (Phi) is 19.7. The van der Waals surface area contributed by atoms with Crippen molar-refractivity contribution in [3.63, 3.8) is 0 Å². The lowest BCUT2D eigenvalue weighted by molar-refractivity contribution is -0.144. The number of nitrogens with one attached hydrogen (secondary N) is 1. The smallest absolute Gasteiger partial charge is 0.306 e. The van der Waals surface area contributed by atoms with Crippen LogP contribution < -0.4 is 5.32 Å². The highest BCUT2D eigenvalue weighted by Gasteiger charge is 2.21. The lowest BCUT2D eigenvalue weighted by atomic mass is 9.94. The summed E-state index contributed by atoms with van der Waals surface area (Å²) in [4.78, 5) is 45.5. The van der Waals surface area contributed by atoms with Crippen LogP contribution >= 0.6 is 0 Å². The van der Waals surface area contributed by atoms with Crippen molar-refractivity contribution >= 4 is 23.6 Å². The number of carbonyl (C=O) groups excluding carboxylic acids is 2. The van der Waals surface area contributed by atoms with Crippen molar-refractivity contribution in [2.75, 3.05) is 6.54 Å². The van der Waals surface area contributed by atoms with Crippen molar-refractivity contribution in [2.45, 2.75) is 122 Å². The first kappa shape index (κ1) is 30.1. The van der Waals surface area contributed by atoms with E-state index in [9.17, 15) is 24.3 Å². The van der Waals surface area contributed by atoms with Gasteiger partial charge in [0.1, 0.15) is 5.78 Å². The van der Waals surface area contributed by atoms with Crippen LogP contribution in [0.4, 0.5) is 0 Å². The van der Waals surface area contributed by atoms with Gasteiger partial charge >= 0.3 is 11.9 Å². The number of hydrogen-bond donors (Lipinski definition) is 3. The predicted molar refractivity (Wildman–Crippen MR) is 126 cm³/mol. The van der Waals surface area contributed by atoms with Gasteiger partial charge in [-0.2, -0.15) is 0 Å². The van der Waals surface area contributed by atoms with E-state index in [-0.39, 0.29) is 37.4 Å². The Morgan fingerprint density at radius 1 is 0.688 bits per heavy atom. The molecule has 0 saturated carbocycles. The molecule has 0 spiro atoms. The highest BCUT2D eigenvalue weighted by Crippen LogP contribution is 2.16. The van der Waals surface area contributed by atoms with Crippen LogP contribution in [0, 0.1) is 5.92 Å². The molecule has 1 unspecified atom stereocenters. The maximum absolute atomic E-state index is 12.1. The zero-order valence-corrected chi connectivity index (χ0v) is 20.0. The first-order valence-electron chi connectivity index (χ1n) is 12.6. The average molecular weight is 456 g/mol. The highest BCUT2D eigenvalue weighted by atomic mass is 16.4. The molecule has 0 radical (unpaired) electrons. The van der Waals surface area contributed by atoms with E-state index in [1.165, 1.54) is 32.1 Å². The summed E-state index contributed by atoms with van der Waals surface area (Å²) in [6.07, 6.45) is 14.9. The summed E-state index contributed by atoms with van der Waals surface area (Å²) < 4.78 is 0. The third-order valence-electron chi connectivity index (χ3n) is 5.71. The van der Waals surface area contributed by atoms with Gasteiger partial charge in [-0.25, -0.2) is 0 Å². The van der Waals surface area contributed by atoms with E-state index in [1.807, 2.05) is 6.92 Å². The van der Waals surface area contributed by atoms with E-state index in [2.05, 4.69) is 5.32 Å². The van der Waals surface area contributed by atoms with Crippen LogP contribution in [0.3, 0.4) is 0 Å². The van der Waals surface area contributed by atoms with Gasteiger partial charge in [-0.3, -0.25) is 19.2 Å². The summed E-state index contributed by atoms with van der Waals surface area (Å²) >= 11 is 0. The van der Waals surface area contributed by atoms with Gasteiger partial charge in [-0.15, -0.1) is 0 Å². The van der Waals surface area contributed by atoms with Crippen LogP contribution in [0.2, 0.25) is 0 Å². The van der Waals surface area contributed by atoms with Crippen LogP contribution in [-0.2, 0) is 19.2 Å². The summed E-state index contributed by atoms with van der Waals surface area (Å²) in [5, 5.41) is 20.6. The molecular formula is C25H45NO6. The van der Waals surface area contributed by atoms with Crippen LogP contribution in [0.25, 0.3) is 0 Å². The van der Waals surface area contributed by atoms with Crippen molar-refractivity contribution in [2.24, 2.45) is 5.92 Å². The fourth-order valence-electron chi connectivity index (χ4n) is 3.71. The van der Waals surface area contributed by atoms with Gasteiger partial charge in [-0.05, 0) is 25.7 Å². The van der Waals surface area contributed by atoms with Crippen LogP contribution in [0.5, 0.6) is 0 Å². The second-order valence-corrected chi connectivity index (χ2v) is 8.80. The molecule has 0 aliphatic heterocycles. The zero-order chi connectivity index (χ0) is 24.0. The molecule has 0 heterocycles. The molecule has 0 aromatic carbocycles. The van der Waals surface area contributed by atoms with Crippen LogP contribution in [0.15, 0.2) is 0 Å². The van der Waals surface area contributed by atoms with Gasteiger partial charge in [-0.1, -0.05) is 71.1 Å². The number of carboxylic acid groups (broad SMARTS) is 2. The normalized spacial score (nSPS) is 11.8. The van der Waals surface area contributed by atoms with Crippen molar-refractivity contribution in [1.29, 1.82) is 0 Å². The fraction of sp³-hybridized carbons (Fsp3) is 0.840. The standard InChI is InChI=1S/C25H45NO6/c1-2-19-26-23(28)18-17-21(25(31)32)20-22(27)15-13-11-9-7-5-3-4-6-8-10-12-14-16-24(29)30/h21H,2-20H2,1H3,(H,26,28)(H,29,30)(H,31,32).